The second kappa shape index (κ2) is 9.84. The summed E-state index contributed by atoms with van der Waals surface area (Å²) in [6.07, 6.45) is 7.93. The van der Waals surface area contributed by atoms with Crippen LogP contribution in [-0.2, 0) is 11.2 Å². The van der Waals surface area contributed by atoms with E-state index in [1.165, 1.54) is 12.8 Å². The first-order valence-corrected chi connectivity index (χ1v) is 8.03. The highest BCUT2D eigenvalue weighted by atomic mass is 32.2. The Hall–Kier alpha value is -1.03. The lowest BCUT2D eigenvalue weighted by atomic mass is 10.1. The minimum absolute atomic E-state index is 0.263. The van der Waals surface area contributed by atoms with E-state index >= 15 is 0 Å². The van der Waals surface area contributed by atoms with Crippen LogP contribution >= 0.6 is 11.8 Å². The molecule has 0 radical (unpaired) electrons. The summed E-state index contributed by atoms with van der Waals surface area (Å²) in [5.74, 6) is 0.143. The molecule has 0 amide bonds. The molecule has 1 heterocycles. The molecule has 19 heavy (non-hydrogen) atoms. The van der Waals surface area contributed by atoms with Crippen LogP contribution in [0.5, 0.6) is 0 Å². The van der Waals surface area contributed by atoms with Crippen LogP contribution in [0.15, 0.2) is 24.4 Å². The Morgan fingerprint density at radius 2 is 2.21 bits per heavy atom. The van der Waals surface area contributed by atoms with E-state index in [4.69, 9.17) is 0 Å². The van der Waals surface area contributed by atoms with E-state index in [1.54, 1.807) is 18.0 Å². The van der Waals surface area contributed by atoms with Gasteiger partial charge in [-0.05, 0) is 30.7 Å². The quantitative estimate of drug-likeness (QED) is 0.663. The van der Waals surface area contributed by atoms with E-state index < -0.39 is 5.97 Å². The van der Waals surface area contributed by atoms with Crippen LogP contribution in [-0.4, -0.2) is 27.1 Å². The van der Waals surface area contributed by atoms with Crippen molar-refractivity contribution < 1.29 is 9.90 Å². The summed E-state index contributed by atoms with van der Waals surface area (Å²) in [5.41, 5.74) is 1.03. The van der Waals surface area contributed by atoms with Crippen LogP contribution in [0.25, 0.3) is 0 Å². The van der Waals surface area contributed by atoms with E-state index in [2.05, 4.69) is 11.9 Å². The highest BCUT2D eigenvalue weighted by Crippen LogP contribution is 2.19. The van der Waals surface area contributed by atoms with Crippen LogP contribution in [0.1, 0.15) is 44.7 Å². The molecular formula is C15H23NO2S. The second-order valence-electron chi connectivity index (χ2n) is 4.62. The number of aliphatic carboxylic acids is 1. The molecule has 1 unspecified atom stereocenters. The normalized spacial score (nSPS) is 12.3. The molecule has 0 bridgehead atoms. The number of nitrogens with zero attached hydrogens (tertiary/aromatic N) is 1. The standard InChI is InChI=1S/C15H23NO2S/c1-2-3-4-5-9-14(15(17)18)19-12-10-13-8-6-7-11-16-13/h6-8,11,14H,2-5,9-10,12H2,1H3,(H,17,18). The Labute approximate surface area is 119 Å². The molecule has 0 aromatic carbocycles. The smallest absolute Gasteiger partial charge is 0.316 e. The third kappa shape index (κ3) is 7.21. The average molecular weight is 281 g/mol. The van der Waals surface area contributed by atoms with Crippen LogP contribution in [0.4, 0.5) is 0 Å². The summed E-state index contributed by atoms with van der Waals surface area (Å²) in [7, 11) is 0. The van der Waals surface area contributed by atoms with Crippen molar-refractivity contribution in [3.05, 3.63) is 30.1 Å². The zero-order valence-corrected chi connectivity index (χ0v) is 12.4. The van der Waals surface area contributed by atoms with Crippen molar-refractivity contribution >= 4 is 17.7 Å². The Bertz CT molecular complexity index is 356. The lowest BCUT2D eigenvalue weighted by molar-refractivity contribution is -0.136. The monoisotopic (exact) mass is 281 g/mol. The summed E-state index contributed by atoms with van der Waals surface area (Å²) in [4.78, 5) is 15.4. The van der Waals surface area contributed by atoms with Crippen molar-refractivity contribution in [2.75, 3.05) is 5.75 Å². The molecule has 3 nitrogen and oxygen atoms in total. The van der Waals surface area contributed by atoms with Gasteiger partial charge in [0.15, 0.2) is 0 Å². The van der Waals surface area contributed by atoms with Gasteiger partial charge in [0.1, 0.15) is 5.25 Å². The largest absolute Gasteiger partial charge is 0.480 e. The molecule has 106 valence electrons. The first kappa shape index (κ1) is 16.0. The number of unbranched alkanes of at least 4 members (excludes halogenated alkanes) is 3. The third-order valence-electron chi connectivity index (χ3n) is 3.00. The number of pyridine rings is 1. The van der Waals surface area contributed by atoms with Crippen LogP contribution in [0.2, 0.25) is 0 Å². The van der Waals surface area contributed by atoms with Gasteiger partial charge in [-0.2, -0.15) is 0 Å². The van der Waals surface area contributed by atoms with Gasteiger partial charge in [-0.25, -0.2) is 0 Å². The highest BCUT2D eigenvalue weighted by molar-refractivity contribution is 8.00. The SMILES string of the molecule is CCCCCCC(SCCc1ccccn1)C(=O)O. The van der Waals surface area contributed by atoms with Gasteiger partial charge in [-0.15, -0.1) is 11.8 Å². The molecule has 0 saturated heterocycles. The topological polar surface area (TPSA) is 50.2 Å². The van der Waals surface area contributed by atoms with Crippen molar-refractivity contribution in [1.29, 1.82) is 0 Å². The fraction of sp³-hybridized carbons (Fsp3) is 0.600. The number of hydrogen-bond acceptors (Lipinski definition) is 3. The summed E-state index contributed by atoms with van der Waals surface area (Å²) in [5, 5.41) is 8.93. The summed E-state index contributed by atoms with van der Waals surface area (Å²) >= 11 is 1.54. The molecule has 4 heteroatoms. The average Bonchev–Trinajstić information content (AvgIpc) is 2.42. The van der Waals surface area contributed by atoms with E-state index in [-0.39, 0.29) is 5.25 Å². The maximum absolute atomic E-state index is 11.2. The number of hydrogen-bond donors (Lipinski definition) is 1. The van der Waals surface area contributed by atoms with Gasteiger partial charge in [-0.1, -0.05) is 38.7 Å². The molecule has 0 aliphatic heterocycles. The van der Waals surface area contributed by atoms with Crippen LogP contribution < -0.4 is 0 Å². The van der Waals surface area contributed by atoms with Crippen molar-refractivity contribution in [3.8, 4) is 0 Å². The van der Waals surface area contributed by atoms with Gasteiger partial charge in [-0.3, -0.25) is 9.78 Å². The number of rotatable bonds is 10. The van der Waals surface area contributed by atoms with E-state index in [0.29, 0.717) is 0 Å². The number of carbonyl (C=O) groups is 1. The first-order chi connectivity index (χ1) is 9.24. The molecule has 0 saturated carbocycles. The van der Waals surface area contributed by atoms with E-state index in [1.807, 2.05) is 18.2 Å². The number of aryl methyl sites for hydroxylation is 1. The molecule has 1 aromatic rings. The fourth-order valence-corrected chi connectivity index (χ4v) is 2.97. The lowest BCUT2D eigenvalue weighted by Crippen LogP contribution is -2.17. The Kier molecular flexibility index (Phi) is 8.30. The number of thioether (sulfide) groups is 1. The summed E-state index contributed by atoms with van der Waals surface area (Å²) in [6, 6.07) is 5.84. The maximum atomic E-state index is 11.2. The number of carboxylic acids is 1. The molecular weight excluding hydrogens is 258 g/mol. The van der Waals surface area contributed by atoms with Gasteiger partial charge in [0.25, 0.3) is 0 Å². The summed E-state index contributed by atoms with van der Waals surface area (Å²) in [6.45, 7) is 2.16. The van der Waals surface area contributed by atoms with Crippen molar-refractivity contribution in [3.63, 3.8) is 0 Å². The van der Waals surface area contributed by atoms with E-state index in [0.717, 1.165) is 37.1 Å². The first-order valence-electron chi connectivity index (χ1n) is 6.98. The van der Waals surface area contributed by atoms with Crippen molar-refractivity contribution in [2.45, 2.75) is 50.7 Å². The number of carboxylic acid groups (broad SMARTS) is 1. The van der Waals surface area contributed by atoms with Gasteiger partial charge in [0, 0.05) is 11.9 Å². The van der Waals surface area contributed by atoms with Gasteiger partial charge in [0.2, 0.25) is 0 Å². The van der Waals surface area contributed by atoms with Crippen LogP contribution in [0, 0.1) is 0 Å². The van der Waals surface area contributed by atoms with E-state index in [9.17, 15) is 9.90 Å². The van der Waals surface area contributed by atoms with Crippen LogP contribution in [0.3, 0.4) is 0 Å². The van der Waals surface area contributed by atoms with Crippen molar-refractivity contribution in [1.82, 2.24) is 4.98 Å². The second-order valence-corrected chi connectivity index (χ2v) is 5.93. The molecule has 1 rings (SSSR count). The predicted molar refractivity (Wildman–Crippen MR) is 80.6 cm³/mol. The maximum Gasteiger partial charge on any atom is 0.316 e. The molecule has 0 aliphatic carbocycles. The molecule has 1 N–H and O–H groups in total. The van der Waals surface area contributed by atoms with Gasteiger partial charge < -0.3 is 5.11 Å². The molecule has 0 fully saturated rings. The Morgan fingerprint density at radius 3 is 2.84 bits per heavy atom. The molecule has 0 spiro atoms. The van der Waals surface area contributed by atoms with Crippen molar-refractivity contribution in [2.24, 2.45) is 0 Å². The Morgan fingerprint density at radius 1 is 1.37 bits per heavy atom. The zero-order chi connectivity index (χ0) is 13.9. The minimum atomic E-state index is -0.678. The lowest BCUT2D eigenvalue weighted by Gasteiger charge is -2.11. The molecule has 0 aliphatic rings. The van der Waals surface area contributed by atoms with Gasteiger partial charge >= 0.3 is 5.97 Å². The summed E-state index contributed by atoms with van der Waals surface area (Å²) < 4.78 is 0. The predicted octanol–water partition coefficient (Wildman–Crippen LogP) is 3.78. The Balaban J connectivity index is 2.24. The minimum Gasteiger partial charge on any atom is -0.480 e. The zero-order valence-electron chi connectivity index (χ0n) is 11.5. The molecule has 1 aromatic heterocycles. The fourth-order valence-electron chi connectivity index (χ4n) is 1.89. The highest BCUT2D eigenvalue weighted by Gasteiger charge is 2.17. The van der Waals surface area contributed by atoms with Gasteiger partial charge in [0.05, 0.1) is 0 Å². The molecule has 1 atom stereocenters. The number of aromatic nitrogens is 1. The third-order valence-corrected chi connectivity index (χ3v) is 4.28.